The summed E-state index contributed by atoms with van der Waals surface area (Å²) in [5.41, 5.74) is 0.589. The summed E-state index contributed by atoms with van der Waals surface area (Å²) in [4.78, 5) is 29.5. The first-order valence-corrected chi connectivity index (χ1v) is 8.14. The molecule has 2 heterocycles. The molecule has 3 rings (SSSR count). The van der Waals surface area contributed by atoms with Crippen molar-refractivity contribution in [1.29, 1.82) is 0 Å². The molecule has 0 aliphatic heterocycles. The first-order valence-electron chi connectivity index (χ1n) is 8.14. The van der Waals surface area contributed by atoms with E-state index in [0.717, 1.165) is 10.1 Å². The summed E-state index contributed by atoms with van der Waals surface area (Å²) in [6.45, 7) is 4.13. The van der Waals surface area contributed by atoms with Crippen molar-refractivity contribution < 1.29 is 4.92 Å². The van der Waals surface area contributed by atoms with E-state index in [1.165, 1.54) is 6.20 Å². The minimum absolute atomic E-state index is 0.0736. The third-order valence-electron chi connectivity index (χ3n) is 4.18. The Hall–Kier alpha value is -3.42. The molecule has 0 unspecified atom stereocenters. The van der Waals surface area contributed by atoms with E-state index in [9.17, 15) is 14.9 Å². The van der Waals surface area contributed by atoms with Crippen molar-refractivity contribution >= 4 is 28.5 Å². The lowest BCUT2D eigenvalue weighted by atomic mass is 10.2. The van der Waals surface area contributed by atoms with Gasteiger partial charge in [0, 0.05) is 30.7 Å². The highest BCUT2D eigenvalue weighted by Gasteiger charge is 2.23. The second-order valence-electron chi connectivity index (χ2n) is 6.18. The number of anilines is 3. The van der Waals surface area contributed by atoms with Gasteiger partial charge in [-0.25, -0.2) is 4.98 Å². The van der Waals surface area contributed by atoms with Crippen LogP contribution in [0, 0.1) is 10.1 Å². The highest BCUT2D eigenvalue weighted by atomic mass is 16.6. The molecule has 26 heavy (non-hydrogen) atoms. The van der Waals surface area contributed by atoms with E-state index >= 15 is 0 Å². The van der Waals surface area contributed by atoms with Crippen LogP contribution in [0.5, 0.6) is 0 Å². The van der Waals surface area contributed by atoms with Crippen LogP contribution in [0.4, 0.5) is 22.9 Å². The van der Waals surface area contributed by atoms with Crippen LogP contribution in [-0.2, 0) is 0 Å². The standard InChI is InChI=1S/C18H19N5O3/c1-12(2)21(3)14-8-6-7-13(11-14)19-17-16(23(25)26)18(24)22-10-5-4-9-15(22)20-17/h4-12,19H,1-3H3. The maximum absolute atomic E-state index is 12.5. The summed E-state index contributed by atoms with van der Waals surface area (Å²) in [6, 6.07) is 12.7. The molecule has 0 bridgehead atoms. The van der Waals surface area contributed by atoms with E-state index in [1.807, 2.05) is 25.2 Å². The van der Waals surface area contributed by atoms with Crippen LogP contribution in [0.1, 0.15) is 13.8 Å². The fourth-order valence-electron chi connectivity index (χ4n) is 2.57. The van der Waals surface area contributed by atoms with Crippen LogP contribution in [0.2, 0.25) is 0 Å². The molecular formula is C18H19N5O3. The molecule has 0 fully saturated rings. The largest absolute Gasteiger partial charge is 0.376 e. The topological polar surface area (TPSA) is 92.8 Å². The molecule has 8 heteroatoms. The molecule has 1 N–H and O–H groups in total. The van der Waals surface area contributed by atoms with Gasteiger partial charge in [-0.1, -0.05) is 12.1 Å². The van der Waals surface area contributed by atoms with Crippen molar-refractivity contribution in [3.8, 4) is 0 Å². The van der Waals surface area contributed by atoms with E-state index < -0.39 is 16.2 Å². The molecule has 2 aromatic heterocycles. The average Bonchev–Trinajstić information content (AvgIpc) is 2.61. The summed E-state index contributed by atoms with van der Waals surface area (Å²) in [5.74, 6) is -0.0736. The number of benzene rings is 1. The van der Waals surface area contributed by atoms with E-state index in [-0.39, 0.29) is 5.82 Å². The van der Waals surface area contributed by atoms with Gasteiger partial charge in [0.05, 0.1) is 4.92 Å². The molecule has 0 aliphatic carbocycles. The Morgan fingerprint density at radius 3 is 2.69 bits per heavy atom. The summed E-state index contributed by atoms with van der Waals surface area (Å²) in [6.07, 6.45) is 1.46. The lowest BCUT2D eigenvalue weighted by molar-refractivity contribution is -0.385. The van der Waals surface area contributed by atoms with Crippen LogP contribution >= 0.6 is 0 Å². The van der Waals surface area contributed by atoms with Gasteiger partial charge in [-0.15, -0.1) is 0 Å². The van der Waals surface area contributed by atoms with Crippen molar-refractivity contribution in [2.24, 2.45) is 0 Å². The molecular weight excluding hydrogens is 334 g/mol. The molecule has 0 spiro atoms. The van der Waals surface area contributed by atoms with Gasteiger partial charge in [-0.05, 0) is 44.2 Å². The van der Waals surface area contributed by atoms with Crippen LogP contribution in [0.25, 0.3) is 5.65 Å². The number of hydrogen-bond acceptors (Lipinski definition) is 6. The first-order chi connectivity index (χ1) is 12.4. The predicted molar refractivity (Wildman–Crippen MR) is 101 cm³/mol. The normalized spacial score (nSPS) is 10.9. The Kier molecular flexibility index (Phi) is 4.57. The minimum Gasteiger partial charge on any atom is -0.372 e. The molecule has 0 saturated carbocycles. The maximum atomic E-state index is 12.5. The van der Waals surface area contributed by atoms with Gasteiger partial charge in [0.15, 0.2) is 0 Å². The predicted octanol–water partition coefficient (Wildman–Crippen LogP) is 3.19. The summed E-state index contributed by atoms with van der Waals surface area (Å²) in [5, 5.41) is 14.4. The smallest absolute Gasteiger partial charge is 0.372 e. The number of nitrogens with zero attached hydrogens (tertiary/aromatic N) is 4. The molecule has 3 aromatic rings. The number of aromatic nitrogens is 2. The summed E-state index contributed by atoms with van der Waals surface area (Å²) < 4.78 is 1.16. The SMILES string of the molecule is CC(C)N(C)c1cccc(Nc2nc3ccccn3c(=O)c2[N+](=O)[O-])c1. The van der Waals surface area contributed by atoms with Crippen LogP contribution in [-0.4, -0.2) is 27.4 Å². The van der Waals surface area contributed by atoms with Crippen LogP contribution in [0.3, 0.4) is 0 Å². The van der Waals surface area contributed by atoms with Gasteiger partial charge in [-0.2, -0.15) is 0 Å². The lowest BCUT2D eigenvalue weighted by Crippen LogP contribution is -2.25. The molecule has 1 aromatic carbocycles. The summed E-state index contributed by atoms with van der Waals surface area (Å²) in [7, 11) is 1.97. The Morgan fingerprint density at radius 1 is 1.23 bits per heavy atom. The van der Waals surface area contributed by atoms with Gasteiger partial charge in [0.1, 0.15) is 5.65 Å². The Morgan fingerprint density at radius 2 is 2.00 bits per heavy atom. The van der Waals surface area contributed by atoms with E-state index in [4.69, 9.17) is 0 Å². The van der Waals surface area contributed by atoms with Gasteiger partial charge in [0.25, 0.3) is 0 Å². The van der Waals surface area contributed by atoms with Gasteiger partial charge in [-0.3, -0.25) is 19.3 Å². The molecule has 0 amide bonds. The van der Waals surface area contributed by atoms with Crippen molar-refractivity contribution in [2.45, 2.75) is 19.9 Å². The van der Waals surface area contributed by atoms with Crippen LogP contribution in [0.15, 0.2) is 53.5 Å². The van der Waals surface area contributed by atoms with Gasteiger partial charge < -0.3 is 10.2 Å². The third kappa shape index (κ3) is 3.21. The molecule has 8 nitrogen and oxygen atoms in total. The quantitative estimate of drug-likeness (QED) is 0.559. The van der Waals surface area contributed by atoms with Crippen molar-refractivity contribution in [3.05, 3.63) is 69.1 Å². The Labute approximate surface area is 149 Å². The molecule has 0 radical (unpaired) electrons. The van der Waals surface area contributed by atoms with E-state index in [2.05, 4.69) is 29.0 Å². The molecule has 0 saturated heterocycles. The highest BCUT2D eigenvalue weighted by molar-refractivity contribution is 5.70. The fraction of sp³-hybridized carbons (Fsp3) is 0.222. The number of fused-ring (bicyclic) bond motifs is 1. The zero-order chi connectivity index (χ0) is 18.8. The van der Waals surface area contributed by atoms with Crippen LogP contribution < -0.4 is 15.8 Å². The van der Waals surface area contributed by atoms with E-state index in [0.29, 0.717) is 17.4 Å². The lowest BCUT2D eigenvalue weighted by Gasteiger charge is -2.24. The first kappa shape index (κ1) is 17.4. The minimum atomic E-state index is -0.724. The zero-order valence-corrected chi connectivity index (χ0v) is 14.7. The number of nitrogens with one attached hydrogen (secondary N) is 1. The maximum Gasteiger partial charge on any atom is 0.376 e. The molecule has 0 aliphatic rings. The average molecular weight is 353 g/mol. The number of pyridine rings is 1. The number of nitro groups is 1. The summed E-state index contributed by atoms with van der Waals surface area (Å²) >= 11 is 0. The molecule has 0 atom stereocenters. The zero-order valence-electron chi connectivity index (χ0n) is 14.7. The monoisotopic (exact) mass is 353 g/mol. The second kappa shape index (κ2) is 6.83. The fourth-order valence-corrected chi connectivity index (χ4v) is 2.57. The van der Waals surface area contributed by atoms with Gasteiger partial charge >= 0.3 is 11.2 Å². The number of hydrogen-bond donors (Lipinski definition) is 1. The van der Waals surface area contributed by atoms with Crippen molar-refractivity contribution in [3.63, 3.8) is 0 Å². The molecule has 134 valence electrons. The van der Waals surface area contributed by atoms with Crippen molar-refractivity contribution in [2.75, 3.05) is 17.3 Å². The second-order valence-corrected chi connectivity index (χ2v) is 6.18. The number of rotatable bonds is 5. The Balaban J connectivity index is 2.09. The highest BCUT2D eigenvalue weighted by Crippen LogP contribution is 2.26. The van der Waals surface area contributed by atoms with Gasteiger partial charge in [0.2, 0.25) is 5.82 Å². The van der Waals surface area contributed by atoms with E-state index in [1.54, 1.807) is 24.3 Å². The Bertz CT molecular complexity index is 1030. The third-order valence-corrected chi connectivity index (χ3v) is 4.18. The van der Waals surface area contributed by atoms with Crippen molar-refractivity contribution in [1.82, 2.24) is 9.38 Å².